The second-order valence-corrected chi connectivity index (χ2v) is 9.34. The number of thiazole rings is 1. The van der Waals surface area contributed by atoms with Gasteiger partial charge in [0.2, 0.25) is 5.91 Å². The Kier molecular flexibility index (Phi) is 7.44. The van der Waals surface area contributed by atoms with Gasteiger partial charge in [0, 0.05) is 30.4 Å². The summed E-state index contributed by atoms with van der Waals surface area (Å²) in [7, 11) is 1.65. The average molecular weight is 467 g/mol. The minimum Gasteiger partial charge on any atom is -0.497 e. The summed E-state index contributed by atoms with van der Waals surface area (Å²) in [6, 6.07) is 14.0. The van der Waals surface area contributed by atoms with Crippen LogP contribution in [0, 0.1) is 0 Å². The van der Waals surface area contributed by atoms with E-state index in [0.717, 1.165) is 45.4 Å². The lowest BCUT2D eigenvalue weighted by Gasteiger charge is -2.20. The summed E-state index contributed by atoms with van der Waals surface area (Å²) in [4.78, 5) is 25.1. The topological polar surface area (TPSA) is 60.2 Å². The van der Waals surface area contributed by atoms with Gasteiger partial charge in [-0.25, -0.2) is 9.97 Å². The number of nitrogens with zero attached hydrogens (tertiary/aromatic N) is 4. The highest BCUT2D eigenvalue weighted by molar-refractivity contribution is 8.00. The van der Waals surface area contributed by atoms with Crippen molar-refractivity contribution in [2.45, 2.75) is 31.2 Å². The number of hydrogen-bond donors (Lipinski definition) is 0. The number of carbonyl (C=O) groups excluding carboxylic acids is 1. The summed E-state index contributed by atoms with van der Waals surface area (Å²) in [6.45, 7) is 3.55. The fourth-order valence-corrected chi connectivity index (χ4v) is 5.28. The van der Waals surface area contributed by atoms with Crippen LogP contribution in [0.3, 0.4) is 0 Å². The molecular formula is C24H26N4O2S2. The Hall–Kier alpha value is -2.84. The van der Waals surface area contributed by atoms with Gasteiger partial charge >= 0.3 is 0 Å². The van der Waals surface area contributed by atoms with Gasteiger partial charge in [0.05, 0.1) is 29.4 Å². The molecule has 2 aromatic carbocycles. The Balaban J connectivity index is 1.51. The first kappa shape index (κ1) is 22.4. The normalized spacial score (nSPS) is 11.1. The highest BCUT2D eigenvalue weighted by Gasteiger charge is 2.20. The third kappa shape index (κ3) is 5.31. The van der Waals surface area contributed by atoms with Crippen LogP contribution in [0.1, 0.15) is 18.9 Å². The lowest BCUT2D eigenvalue weighted by molar-refractivity contribution is -0.116. The predicted octanol–water partition coefficient (Wildman–Crippen LogP) is 5.28. The number of anilines is 1. The van der Waals surface area contributed by atoms with Crippen LogP contribution in [-0.4, -0.2) is 39.8 Å². The van der Waals surface area contributed by atoms with Crippen LogP contribution >= 0.6 is 23.1 Å². The van der Waals surface area contributed by atoms with Gasteiger partial charge in [-0.15, -0.1) is 11.8 Å². The molecule has 0 radical (unpaired) electrons. The average Bonchev–Trinajstić information content (AvgIpc) is 3.50. The molecule has 0 atom stereocenters. The van der Waals surface area contributed by atoms with E-state index in [1.165, 1.54) is 17.3 Å². The van der Waals surface area contributed by atoms with Crippen molar-refractivity contribution in [1.82, 2.24) is 14.5 Å². The maximum atomic E-state index is 13.3. The zero-order valence-electron chi connectivity index (χ0n) is 18.2. The Bertz CT molecular complexity index is 1160. The lowest BCUT2D eigenvalue weighted by Crippen LogP contribution is -2.33. The number of thioether (sulfide) groups is 1. The van der Waals surface area contributed by atoms with Crippen LogP contribution in [0.25, 0.3) is 10.2 Å². The lowest BCUT2D eigenvalue weighted by atomic mass is 10.1. The molecule has 0 bridgehead atoms. The van der Waals surface area contributed by atoms with Crippen molar-refractivity contribution in [2.24, 2.45) is 0 Å². The van der Waals surface area contributed by atoms with Gasteiger partial charge in [0.15, 0.2) is 5.13 Å². The molecule has 2 heterocycles. The van der Waals surface area contributed by atoms with Gasteiger partial charge in [0.1, 0.15) is 5.75 Å². The first-order valence-corrected chi connectivity index (χ1v) is 12.4. The Morgan fingerprint density at radius 1 is 1.22 bits per heavy atom. The molecule has 32 heavy (non-hydrogen) atoms. The van der Waals surface area contributed by atoms with Gasteiger partial charge in [-0.05, 0) is 48.7 Å². The molecular weight excluding hydrogens is 440 g/mol. The summed E-state index contributed by atoms with van der Waals surface area (Å²) < 4.78 is 8.37. The molecule has 1 amide bonds. The molecule has 0 aliphatic rings. The molecule has 0 saturated heterocycles. The Morgan fingerprint density at radius 3 is 2.78 bits per heavy atom. The number of ether oxygens (including phenoxy) is 1. The Labute approximate surface area is 196 Å². The second-order valence-electron chi connectivity index (χ2n) is 7.28. The number of hydrogen-bond acceptors (Lipinski definition) is 6. The summed E-state index contributed by atoms with van der Waals surface area (Å²) in [6.07, 6.45) is 7.26. The number of methoxy groups -OCH3 is 1. The Morgan fingerprint density at radius 2 is 2.06 bits per heavy atom. The maximum absolute atomic E-state index is 13.3. The molecule has 4 aromatic rings. The van der Waals surface area contributed by atoms with E-state index >= 15 is 0 Å². The van der Waals surface area contributed by atoms with Crippen molar-refractivity contribution in [2.75, 3.05) is 24.3 Å². The van der Waals surface area contributed by atoms with E-state index in [4.69, 9.17) is 9.72 Å². The maximum Gasteiger partial charge on any atom is 0.239 e. The van der Waals surface area contributed by atoms with Gasteiger partial charge in [-0.2, -0.15) is 0 Å². The van der Waals surface area contributed by atoms with Crippen molar-refractivity contribution < 1.29 is 9.53 Å². The van der Waals surface area contributed by atoms with Gasteiger partial charge in [-0.3, -0.25) is 9.69 Å². The highest BCUT2D eigenvalue weighted by Crippen LogP contribution is 2.32. The standard InChI is InChI=1S/C24H26N4O2S2/c1-3-18-6-4-7-21-23(18)26-24(32-21)28(14-5-13-27-15-12-25-17-27)22(29)16-31-20-10-8-19(30-2)9-11-20/h4,6-12,15,17H,3,5,13-14,16H2,1-2H3. The smallest absolute Gasteiger partial charge is 0.239 e. The number of imidazole rings is 1. The van der Waals surface area contributed by atoms with Crippen LogP contribution in [0.4, 0.5) is 5.13 Å². The van der Waals surface area contributed by atoms with Crippen LogP contribution < -0.4 is 9.64 Å². The van der Waals surface area contributed by atoms with E-state index in [2.05, 4.69) is 30.1 Å². The number of fused-ring (bicyclic) bond motifs is 1. The summed E-state index contributed by atoms with van der Waals surface area (Å²) in [5.41, 5.74) is 2.22. The molecule has 8 heteroatoms. The third-order valence-corrected chi connectivity index (χ3v) is 7.22. The van der Waals surface area contributed by atoms with E-state index in [1.807, 2.05) is 39.9 Å². The quantitative estimate of drug-likeness (QED) is 0.298. The van der Waals surface area contributed by atoms with Crippen LogP contribution in [0.5, 0.6) is 5.75 Å². The third-order valence-electron chi connectivity index (χ3n) is 5.18. The van der Waals surface area contributed by atoms with Crippen molar-refractivity contribution in [3.63, 3.8) is 0 Å². The number of rotatable bonds is 10. The SMILES string of the molecule is CCc1cccc2sc(N(CCCn3ccnc3)C(=O)CSc3ccc(OC)cc3)nc12. The molecule has 2 aromatic heterocycles. The number of amides is 1. The molecule has 166 valence electrons. The highest BCUT2D eigenvalue weighted by atomic mass is 32.2. The molecule has 0 aliphatic heterocycles. The van der Waals surface area contributed by atoms with Gasteiger partial charge < -0.3 is 9.30 Å². The molecule has 4 rings (SSSR count). The largest absolute Gasteiger partial charge is 0.497 e. The number of para-hydroxylation sites is 1. The van der Waals surface area contributed by atoms with Crippen molar-refractivity contribution in [1.29, 1.82) is 0 Å². The van der Waals surface area contributed by atoms with E-state index in [9.17, 15) is 4.79 Å². The predicted molar refractivity (Wildman–Crippen MR) is 132 cm³/mol. The number of aryl methyl sites for hydroxylation is 2. The molecule has 0 unspecified atom stereocenters. The first-order chi connectivity index (χ1) is 15.7. The monoisotopic (exact) mass is 466 g/mol. The van der Waals surface area contributed by atoms with Crippen molar-refractivity contribution >= 4 is 44.4 Å². The molecule has 6 nitrogen and oxygen atoms in total. The molecule has 0 saturated carbocycles. The van der Waals surface area contributed by atoms with Crippen LogP contribution in [0.15, 0.2) is 66.1 Å². The van der Waals surface area contributed by atoms with E-state index in [-0.39, 0.29) is 5.91 Å². The van der Waals surface area contributed by atoms with E-state index < -0.39 is 0 Å². The van der Waals surface area contributed by atoms with Crippen molar-refractivity contribution in [3.05, 3.63) is 66.7 Å². The fourth-order valence-electron chi connectivity index (χ4n) is 3.45. The van der Waals surface area contributed by atoms with Gasteiger partial charge in [-0.1, -0.05) is 30.4 Å². The summed E-state index contributed by atoms with van der Waals surface area (Å²) in [5, 5.41) is 0.770. The van der Waals surface area contributed by atoms with E-state index in [1.54, 1.807) is 31.0 Å². The summed E-state index contributed by atoms with van der Waals surface area (Å²) >= 11 is 3.12. The number of carbonyl (C=O) groups is 1. The van der Waals surface area contributed by atoms with E-state index in [0.29, 0.717) is 12.3 Å². The molecule has 0 spiro atoms. The molecule has 0 fully saturated rings. The second kappa shape index (κ2) is 10.7. The van der Waals surface area contributed by atoms with Crippen LogP contribution in [-0.2, 0) is 17.8 Å². The van der Waals surface area contributed by atoms with Gasteiger partial charge in [0.25, 0.3) is 0 Å². The van der Waals surface area contributed by atoms with Crippen molar-refractivity contribution in [3.8, 4) is 5.75 Å². The minimum absolute atomic E-state index is 0.0635. The first-order valence-electron chi connectivity index (χ1n) is 10.6. The summed E-state index contributed by atoms with van der Waals surface area (Å²) in [5.74, 6) is 1.23. The zero-order chi connectivity index (χ0) is 22.3. The number of aromatic nitrogens is 3. The number of benzene rings is 2. The molecule has 0 aliphatic carbocycles. The fraction of sp³-hybridized carbons (Fsp3) is 0.292. The molecule has 0 N–H and O–H groups in total. The van der Waals surface area contributed by atoms with Crippen LogP contribution in [0.2, 0.25) is 0 Å². The minimum atomic E-state index is 0.0635. The zero-order valence-corrected chi connectivity index (χ0v) is 19.9.